The molecular formula is C18H21ClF2. The van der Waals surface area contributed by atoms with Crippen LogP contribution in [0.5, 0.6) is 0 Å². The molecule has 0 amide bonds. The van der Waals surface area contributed by atoms with Crippen molar-refractivity contribution in [3.63, 3.8) is 0 Å². The molecule has 0 fully saturated rings. The SMILES string of the molecule is CC(C)c1ccc(Cl)cc1.CC(C)c1ccc(F)c(F)c1. The molecule has 2 rings (SSSR count). The molecule has 0 saturated carbocycles. The average molecular weight is 311 g/mol. The molecule has 0 bridgehead atoms. The maximum Gasteiger partial charge on any atom is 0.159 e. The molecule has 0 radical (unpaired) electrons. The highest BCUT2D eigenvalue weighted by Crippen LogP contribution is 2.17. The monoisotopic (exact) mass is 310 g/mol. The lowest BCUT2D eigenvalue weighted by Gasteiger charge is -2.04. The minimum absolute atomic E-state index is 0.241. The van der Waals surface area contributed by atoms with Crippen LogP contribution in [0.3, 0.4) is 0 Å². The van der Waals surface area contributed by atoms with E-state index in [1.807, 2.05) is 26.0 Å². The standard InChI is InChI=1S/C9H11Cl.C9H10F2/c1-7(2)8-3-5-9(10)6-4-8;1-6(2)7-3-4-8(10)9(11)5-7/h3-7H,1-2H3;3-6H,1-2H3. The summed E-state index contributed by atoms with van der Waals surface area (Å²) >= 11 is 5.72. The zero-order chi connectivity index (χ0) is 16.0. The highest BCUT2D eigenvalue weighted by atomic mass is 35.5. The van der Waals surface area contributed by atoms with Gasteiger partial charge in [-0.15, -0.1) is 0 Å². The van der Waals surface area contributed by atoms with Crippen LogP contribution in [0.25, 0.3) is 0 Å². The summed E-state index contributed by atoms with van der Waals surface area (Å²) in [6.07, 6.45) is 0. The summed E-state index contributed by atoms with van der Waals surface area (Å²) in [5.41, 5.74) is 2.16. The molecule has 0 aromatic heterocycles. The van der Waals surface area contributed by atoms with Crippen LogP contribution in [0.2, 0.25) is 5.02 Å². The molecule has 2 aromatic rings. The van der Waals surface area contributed by atoms with E-state index in [0.717, 1.165) is 16.7 Å². The van der Waals surface area contributed by atoms with E-state index >= 15 is 0 Å². The first kappa shape index (κ1) is 17.6. The van der Waals surface area contributed by atoms with Crippen molar-refractivity contribution in [3.8, 4) is 0 Å². The van der Waals surface area contributed by atoms with Gasteiger partial charge in [0.05, 0.1) is 0 Å². The van der Waals surface area contributed by atoms with Crippen LogP contribution in [-0.2, 0) is 0 Å². The van der Waals surface area contributed by atoms with Crippen LogP contribution in [0.4, 0.5) is 8.78 Å². The van der Waals surface area contributed by atoms with Gasteiger partial charge in [0.1, 0.15) is 0 Å². The van der Waals surface area contributed by atoms with E-state index < -0.39 is 11.6 Å². The normalized spacial score (nSPS) is 10.5. The van der Waals surface area contributed by atoms with Crippen molar-refractivity contribution in [1.82, 2.24) is 0 Å². The Kier molecular flexibility index (Phi) is 6.83. The van der Waals surface area contributed by atoms with Crippen LogP contribution in [0, 0.1) is 11.6 Å². The molecule has 0 aliphatic rings. The van der Waals surface area contributed by atoms with Gasteiger partial charge in [-0.05, 0) is 47.2 Å². The predicted molar refractivity (Wildman–Crippen MR) is 86.0 cm³/mol. The van der Waals surface area contributed by atoms with Gasteiger partial charge in [0.15, 0.2) is 11.6 Å². The van der Waals surface area contributed by atoms with Crippen molar-refractivity contribution in [3.05, 3.63) is 70.2 Å². The van der Waals surface area contributed by atoms with E-state index in [-0.39, 0.29) is 5.92 Å². The van der Waals surface area contributed by atoms with Crippen molar-refractivity contribution in [1.29, 1.82) is 0 Å². The molecule has 0 aliphatic carbocycles. The van der Waals surface area contributed by atoms with Crippen molar-refractivity contribution in [2.45, 2.75) is 39.5 Å². The van der Waals surface area contributed by atoms with E-state index in [1.165, 1.54) is 11.6 Å². The van der Waals surface area contributed by atoms with Crippen LogP contribution in [0.15, 0.2) is 42.5 Å². The summed E-state index contributed by atoms with van der Waals surface area (Å²) in [5, 5.41) is 0.810. The zero-order valence-corrected chi connectivity index (χ0v) is 13.6. The topological polar surface area (TPSA) is 0 Å². The van der Waals surface area contributed by atoms with Gasteiger partial charge in [-0.1, -0.05) is 57.5 Å². The second-order valence-corrected chi connectivity index (χ2v) is 5.97. The lowest BCUT2D eigenvalue weighted by molar-refractivity contribution is 0.506. The minimum Gasteiger partial charge on any atom is -0.204 e. The van der Waals surface area contributed by atoms with Crippen molar-refractivity contribution >= 4 is 11.6 Å². The van der Waals surface area contributed by atoms with Gasteiger partial charge < -0.3 is 0 Å². The first-order valence-corrected chi connectivity index (χ1v) is 7.39. The highest BCUT2D eigenvalue weighted by molar-refractivity contribution is 6.30. The molecule has 0 spiro atoms. The van der Waals surface area contributed by atoms with Gasteiger partial charge in [-0.3, -0.25) is 0 Å². The molecule has 0 saturated heterocycles. The average Bonchev–Trinajstić information content (AvgIpc) is 2.43. The van der Waals surface area contributed by atoms with Crippen LogP contribution >= 0.6 is 11.6 Å². The molecule has 0 aliphatic heterocycles. The summed E-state index contributed by atoms with van der Waals surface area (Å²) in [7, 11) is 0. The number of benzene rings is 2. The Labute approximate surface area is 130 Å². The molecule has 0 unspecified atom stereocenters. The number of hydrogen-bond donors (Lipinski definition) is 0. The van der Waals surface area contributed by atoms with Crippen LogP contribution < -0.4 is 0 Å². The molecule has 0 nitrogen and oxygen atoms in total. The minimum atomic E-state index is -0.783. The first-order chi connectivity index (χ1) is 9.81. The second kappa shape index (κ2) is 8.14. The number of rotatable bonds is 2. The van der Waals surface area contributed by atoms with Crippen molar-refractivity contribution in [2.75, 3.05) is 0 Å². The Balaban J connectivity index is 0.000000211. The third-order valence-corrected chi connectivity index (χ3v) is 3.40. The Bertz CT molecular complexity index is 560. The largest absolute Gasteiger partial charge is 0.204 e. The maximum atomic E-state index is 12.6. The summed E-state index contributed by atoms with van der Waals surface area (Å²) in [5.74, 6) is -0.715. The molecule has 114 valence electrons. The van der Waals surface area contributed by atoms with Gasteiger partial charge in [-0.25, -0.2) is 8.78 Å². The second-order valence-electron chi connectivity index (χ2n) is 5.53. The number of hydrogen-bond acceptors (Lipinski definition) is 0. The van der Waals surface area contributed by atoms with Crippen LogP contribution in [0.1, 0.15) is 50.7 Å². The smallest absolute Gasteiger partial charge is 0.159 e. The molecule has 21 heavy (non-hydrogen) atoms. The molecule has 0 heterocycles. The quantitative estimate of drug-likeness (QED) is 0.590. The third kappa shape index (κ3) is 5.84. The van der Waals surface area contributed by atoms with E-state index in [0.29, 0.717) is 5.92 Å². The summed E-state index contributed by atoms with van der Waals surface area (Å²) in [6, 6.07) is 12.0. The lowest BCUT2D eigenvalue weighted by atomic mass is 10.0. The van der Waals surface area contributed by atoms with Crippen molar-refractivity contribution in [2.24, 2.45) is 0 Å². The van der Waals surface area contributed by atoms with E-state index in [4.69, 9.17) is 11.6 Å². The highest BCUT2D eigenvalue weighted by Gasteiger charge is 2.04. The Morgan fingerprint density at radius 3 is 1.62 bits per heavy atom. The fourth-order valence-electron chi connectivity index (χ4n) is 1.72. The summed E-state index contributed by atoms with van der Waals surface area (Å²) < 4.78 is 25.0. The van der Waals surface area contributed by atoms with E-state index in [2.05, 4.69) is 26.0 Å². The predicted octanol–water partition coefficient (Wildman–Crippen LogP) is 6.55. The molecule has 0 atom stereocenters. The Morgan fingerprint density at radius 2 is 1.19 bits per heavy atom. The van der Waals surface area contributed by atoms with Gasteiger partial charge in [0, 0.05) is 5.02 Å². The third-order valence-electron chi connectivity index (χ3n) is 3.15. The first-order valence-electron chi connectivity index (χ1n) is 7.01. The number of halogens is 3. The van der Waals surface area contributed by atoms with E-state index in [9.17, 15) is 8.78 Å². The molecule has 2 aromatic carbocycles. The zero-order valence-electron chi connectivity index (χ0n) is 12.8. The Hall–Kier alpha value is -1.41. The summed E-state index contributed by atoms with van der Waals surface area (Å²) in [6.45, 7) is 8.21. The molecular weight excluding hydrogens is 290 g/mol. The molecule has 3 heteroatoms. The van der Waals surface area contributed by atoms with E-state index in [1.54, 1.807) is 6.07 Å². The van der Waals surface area contributed by atoms with Crippen LogP contribution in [-0.4, -0.2) is 0 Å². The van der Waals surface area contributed by atoms with Gasteiger partial charge in [0.25, 0.3) is 0 Å². The van der Waals surface area contributed by atoms with Gasteiger partial charge in [-0.2, -0.15) is 0 Å². The lowest BCUT2D eigenvalue weighted by Crippen LogP contribution is -1.90. The van der Waals surface area contributed by atoms with Gasteiger partial charge in [0.2, 0.25) is 0 Å². The fourth-order valence-corrected chi connectivity index (χ4v) is 1.85. The van der Waals surface area contributed by atoms with Crippen molar-refractivity contribution < 1.29 is 8.78 Å². The molecule has 0 N–H and O–H groups in total. The fraction of sp³-hybridized carbons (Fsp3) is 0.333. The maximum absolute atomic E-state index is 12.6. The summed E-state index contributed by atoms with van der Waals surface area (Å²) in [4.78, 5) is 0. The Morgan fingerprint density at radius 1 is 0.714 bits per heavy atom. The van der Waals surface area contributed by atoms with Gasteiger partial charge >= 0.3 is 0 Å².